The minimum absolute atomic E-state index is 0.517. The molecule has 2 aromatic rings. The summed E-state index contributed by atoms with van der Waals surface area (Å²) >= 11 is 0. The number of nitrogens with zero attached hydrogens (tertiary/aromatic N) is 4. The Balaban J connectivity index is 1.45. The van der Waals surface area contributed by atoms with Gasteiger partial charge in [-0.3, -0.25) is 0 Å². The number of ether oxygens (including phenoxy) is 2. The quantitative estimate of drug-likeness (QED) is 0.782. The molecule has 0 aliphatic carbocycles. The van der Waals surface area contributed by atoms with Gasteiger partial charge >= 0.3 is 0 Å². The Morgan fingerprint density at radius 3 is 2.58 bits per heavy atom. The monoisotopic (exact) mass is 329 g/mol. The third-order valence-electron chi connectivity index (χ3n) is 3.94. The Hall–Kier alpha value is -2.57. The molecule has 3 rings (SSSR count). The van der Waals surface area contributed by atoms with E-state index in [2.05, 4.69) is 25.4 Å². The number of aromatic nitrogens is 3. The van der Waals surface area contributed by atoms with Crippen LogP contribution in [0.25, 0.3) is 0 Å². The fourth-order valence-electron chi connectivity index (χ4n) is 2.65. The van der Waals surface area contributed by atoms with Crippen molar-refractivity contribution in [1.29, 1.82) is 0 Å². The van der Waals surface area contributed by atoms with Gasteiger partial charge in [-0.25, -0.2) is 0 Å². The predicted molar refractivity (Wildman–Crippen MR) is 92.9 cm³/mol. The highest BCUT2D eigenvalue weighted by Crippen LogP contribution is 2.18. The van der Waals surface area contributed by atoms with Gasteiger partial charge < -0.3 is 19.7 Å². The summed E-state index contributed by atoms with van der Waals surface area (Å²) in [7, 11) is 1.64. The molecule has 1 N–H and O–H groups in total. The first kappa shape index (κ1) is 16.3. The summed E-state index contributed by atoms with van der Waals surface area (Å²) in [6.07, 6.45) is 5.44. The lowest BCUT2D eigenvalue weighted by Gasteiger charge is -2.27. The van der Waals surface area contributed by atoms with Gasteiger partial charge in [0.1, 0.15) is 18.1 Å². The van der Waals surface area contributed by atoms with Crippen LogP contribution in [0.4, 0.5) is 11.8 Å². The average Bonchev–Trinajstić information content (AvgIpc) is 2.67. The number of hydrogen-bond acceptors (Lipinski definition) is 7. The molecule has 0 spiro atoms. The van der Waals surface area contributed by atoms with E-state index < -0.39 is 0 Å². The summed E-state index contributed by atoms with van der Waals surface area (Å²) in [5.74, 6) is 3.05. The molecular weight excluding hydrogens is 306 g/mol. The maximum Gasteiger partial charge on any atom is 0.244 e. The van der Waals surface area contributed by atoms with Gasteiger partial charge in [-0.1, -0.05) is 0 Å². The van der Waals surface area contributed by atoms with Crippen LogP contribution in [0.1, 0.15) is 19.3 Å². The van der Waals surface area contributed by atoms with Gasteiger partial charge in [-0.15, -0.1) is 5.10 Å². The predicted octanol–water partition coefficient (Wildman–Crippen LogP) is 2.36. The van der Waals surface area contributed by atoms with Gasteiger partial charge in [-0.05, 0) is 43.5 Å². The summed E-state index contributed by atoms with van der Waals surface area (Å²) in [6, 6.07) is 7.51. The molecule has 128 valence electrons. The first-order valence-corrected chi connectivity index (χ1v) is 8.30. The molecule has 0 saturated carbocycles. The van der Waals surface area contributed by atoms with Crippen LogP contribution in [-0.2, 0) is 0 Å². The molecule has 24 heavy (non-hydrogen) atoms. The number of anilines is 2. The lowest BCUT2D eigenvalue weighted by atomic mass is 10.1. The largest absolute Gasteiger partial charge is 0.497 e. The van der Waals surface area contributed by atoms with Crippen molar-refractivity contribution in [2.24, 2.45) is 0 Å². The fourth-order valence-corrected chi connectivity index (χ4v) is 2.65. The zero-order chi connectivity index (χ0) is 16.6. The van der Waals surface area contributed by atoms with Crippen molar-refractivity contribution in [2.75, 3.05) is 43.6 Å². The van der Waals surface area contributed by atoms with Crippen molar-refractivity contribution < 1.29 is 9.47 Å². The van der Waals surface area contributed by atoms with Crippen molar-refractivity contribution in [3.8, 4) is 11.5 Å². The smallest absolute Gasteiger partial charge is 0.244 e. The van der Waals surface area contributed by atoms with Crippen LogP contribution in [0.15, 0.2) is 30.5 Å². The lowest BCUT2D eigenvalue weighted by Crippen LogP contribution is -2.30. The molecule has 1 fully saturated rings. The minimum atomic E-state index is 0.517. The Morgan fingerprint density at radius 1 is 1.08 bits per heavy atom. The van der Waals surface area contributed by atoms with Crippen molar-refractivity contribution in [2.45, 2.75) is 19.3 Å². The Morgan fingerprint density at radius 2 is 1.83 bits per heavy atom. The standard InChI is InChI=1S/C17H23N5O2/c1-23-14-5-7-15(8-6-14)24-12-9-18-17-20-16(13-19-21-17)22-10-3-2-4-11-22/h5-8,13H,2-4,9-12H2,1H3,(H,18,20,21). The van der Waals surface area contributed by atoms with Gasteiger partial charge in [0.05, 0.1) is 19.9 Å². The van der Waals surface area contributed by atoms with Crippen molar-refractivity contribution in [1.82, 2.24) is 15.2 Å². The van der Waals surface area contributed by atoms with E-state index >= 15 is 0 Å². The molecular formula is C17H23N5O2. The molecule has 0 radical (unpaired) electrons. The number of rotatable bonds is 7. The molecule has 1 aliphatic heterocycles. The van der Waals surface area contributed by atoms with E-state index in [0.29, 0.717) is 19.1 Å². The number of methoxy groups -OCH3 is 1. The van der Waals surface area contributed by atoms with E-state index in [1.54, 1.807) is 13.3 Å². The summed E-state index contributed by atoms with van der Waals surface area (Å²) in [5, 5.41) is 11.2. The molecule has 1 saturated heterocycles. The molecule has 1 aliphatic rings. The Bertz CT molecular complexity index is 629. The second-order valence-electron chi connectivity index (χ2n) is 5.64. The molecule has 0 atom stereocenters. The summed E-state index contributed by atoms with van der Waals surface area (Å²) in [5.41, 5.74) is 0. The third-order valence-corrected chi connectivity index (χ3v) is 3.94. The van der Waals surface area contributed by atoms with E-state index in [1.165, 1.54) is 19.3 Å². The lowest BCUT2D eigenvalue weighted by molar-refractivity contribution is 0.331. The number of piperidine rings is 1. The SMILES string of the molecule is COc1ccc(OCCNc2nncc(N3CCCCC3)n2)cc1. The number of nitrogens with one attached hydrogen (secondary N) is 1. The van der Waals surface area contributed by atoms with Crippen LogP contribution >= 0.6 is 0 Å². The van der Waals surface area contributed by atoms with Crippen molar-refractivity contribution in [3.63, 3.8) is 0 Å². The Labute approximate surface area is 142 Å². The molecule has 7 nitrogen and oxygen atoms in total. The zero-order valence-electron chi connectivity index (χ0n) is 13.9. The van der Waals surface area contributed by atoms with Crippen LogP contribution in [0.5, 0.6) is 11.5 Å². The zero-order valence-corrected chi connectivity index (χ0v) is 13.9. The van der Waals surface area contributed by atoms with E-state index in [4.69, 9.17) is 9.47 Å². The van der Waals surface area contributed by atoms with Crippen molar-refractivity contribution >= 4 is 11.8 Å². The van der Waals surface area contributed by atoms with E-state index in [0.717, 1.165) is 30.4 Å². The van der Waals surface area contributed by atoms with Crippen LogP contribution in [0.2, 0.25) is 0 Å². The van der Waals surface area contributed by atoms with Crippen LogP contribution in [0, 0.1) is 0 Å². The summed E-state index contributed by atoms with van der Waals surface area (Å²) in [6.45, 7) is 3.21. The van der Waals surface area contributed by atoms with Crippen molar-refractivity contribution in [3.05, 3.63) is 30.5 Å². The maximum atomic E-state index is 5.67. The highest BCUT2D eigenvalue weighted by atomic mass is 16.5. The average molecular weight is 329 g/mol. The first-order chi connectivity index (χ1) is 11.8. The molecule has 0 unspecified atom stereocenters. The fraction of sp³-hybridized carbons (Fsp3) is 0.471. The molecule has 0 amide bonds. The maximum absolute atomic E-state index is 5.67. The molecule has 7 heteroatoms. The minimum Gasteiger partial charge on any atom is -0.497 e. The molecule has 0 bridgehead atoms. The number of hydrogen-bond donors (Lipinski definition) is 1. The topological polar surface area (TPSA) is 72.4 Å². The first-order valence-electron chi connectivity index (χ1n) is 8.30. The second kappa shape index (κ2) is 8.33. The molecule has 2 heterocycles. The normalized spacial score (nSPS) is 14.3. The van der Waals surface area contributed by atoms with Crippen LogP contribution in [-0.4, -0.2) is 48.5 Å². The van der Waals surface area contributed by atoms with Crippen LogP contribution in [0.3, 0.4) is 0 Å². The highest BCUT2D eigenvalue weighted by molar-refractivity contribution is 5.40. The van der Waals surface area contributed by atoms with E-state index in [9.17, 15) is 0 Å². The van der Waals surface area contributed by atoms with Crippen LogP contribution < -0.4 is 19.7 Å². The Kier molecular flexibility index (Phi) is 5.65. The summed E-state index contributed by atoms with van der Waals surface area (Å²) in [4.78, 5) is 6.79. The summed E-state index contributed by atoms with van der Waals surface area (Å²) < 4.78 is 10.8. The van der Waals surface area contributed by atoms with Gasteiger partial charge in [0.2, 0.25) is 5.95 Å². The van der Waals surface area contributed by atoms with Gasteiger partial charge in [-0.2, -0.15) is 10.1 Å². The van der Waals surface area contributed by atoms with E-state index in [1.807, 2.05) is 24.3 Å². The van der Waals surface area contributed by atoms with Gasteiger partial charge in [0.25, 0.3) is 0 Å². The third kappa shape index (κ3) is 4.47. The second-order valence-corrected chi connectivity index (χ2v) is 5.64. The molecule has 1 aromatic heterocycles. The van der Waals surface area contributed by atoms with Gasteiger partial charge in [0.15, 0.2) is 5.82 Å². The van der Waals surface area contributed by atoms with Gasteiger partial charge in [0, 0.05) is 13.1 Å². The van der Waals surface area contributed by atoms with E-state index in [-0.39, 0.29) is 0 Å². The number of benzene rings is 1. The molecule has 1 aromatic carbocycles. The highest BCUT2D eigenvalue weighted by Gasteiger charge is 2.13.